The van der Waals surface area contributed by atoms with E-state index < -0.39 is 0 Å². The summed E-state index contributed by atoms with van der Waals surface area (Å²) in [5, 5.41) is 9.03. The first-order chi connectivity index (χ1) is 10.0. The first-order valence-corrected chi connectivity index (χ1v) is 7.45. The molecule has 114 valence electrons. The van der Waals surface area contributed by atoms with E-state index in [-0.39, 0.29) is 17.2 Å². The topological polar surface area (TPSA) is 70.2 Å². The molecule has 1 aromatic carbocycles. The summed E-state index contributed by atoms with van der Waals surface area (Å²) in [6.07, 6.45) is 2.11. The van der Waals surface area contributed by atoms with Crippen molar-refractivity contribution in [2.24, 2.45) is 5.41 Å². The van der Waals surface area contributed by atoms with E-state index in [1.54, 1.807) is 13.0 Å². The van der Waals surface area contributed by atoms with Crippen molar-refractivity contribution in [2.75, 3.05) is 23.7 Å². The highest BCUT2D eigenvalue weighted by Crippen LogP contribution is 2.29. The van der Waals surface area contributed by atoms with Crippen molar-refractivity contribution in [1.29, 1.82) is 0 Å². The summed E-state index contributed by atoms with van der Waals surface area (Å²) in [6, 6.07) is 7.26. The van der Waals surface area contributed by atoms with E-state index in [0.29, 0.717) is 17.8 Å². The van der Waals surface area contributed by atoms with Crippen LogP contribution < -0.4 is 16.0 Å². The van der Waals surface area contributed by atoms with Crippen LogP contribution in [0.2, 0.25) is 0 Å². The zero-order valence-corrected chi connectivity index (χ0v) is 12.7. The van der Waals surface area contributed by atoms with Crippen molar-refractivity contribution < 1.29 is 9.59 Å². The normalized spacial score (nSPS) is 17.0. The Balaban J connectivity index is 2.03. The average Bonchev–Trinajstić information content (AvgIpc) is 2.48. The van der Waals surface area contributed by atoms with Crippen LogP contribution in [0.1, 0.15) is 33.1 Å². The minimum absolute atomic E-state index is 0.0382. The van der Waals surface area contributed by atoms with Gasteiger partial charge < -0.3 is 16.0 Å². The molecule has 0 atom stereocenters. The van der Waals surface area contributed by atoms with E-state index in [1.807, 2.05) is 25.1 Å². The van der Waals surface area contributed by atoms with Crippen molar-refractivity contribution in [1.82, 2.24) is 5.32 Å². The van der Waals surface area contributed by atoms with Crippen molar-refractivity contribution in [3.63, 3.8) is 0 Å². The molecule has 0 saturated carbocycles. The third-order valence-electron chi connectivity index (χ3n) is 3.98. The van der Waals surface area contributed by atoms with Gasteiger partial charge in [0.15, 0.2) is 0 Å². The number of benzene rings is 1. The molecule has 1 fully saturated rings. The Morgan fingerprint density at radius 2 is 1.81 bits per heavy atom. The molecule has 0 aliphatic carbocycles. The average molecular weight is 289 g/mol. The highest BCUT2D eigenvalue weighted by molar-refractivity contribution is 5.96. The molecular formula is C16H23N3O2. The Kier molecular flexibility index (Phi) is 4.96. The Labute approximate surface area is 125 Å². The number of hydrogen-bond acceptors (Lipinski definition) is 3. The van der Waals surface area contributed by atoms with Gasteiger partial charge in [0.05, 0.1) is 0 Å². The minimum atomic E-state index is -0.325. The lowest BCUT2D eigenvalue weighted by Gasteiger charge is -2.32. The number of nitrogens with one attached hydrogen (secondary N) is 3. The number of rotatable bonds is 4. The largest absolute Gasteiger partial charge is 0.326 e. The molecule has 1 aliphatic rings. The van der Waals surface area contributed by atoms with Gasteiger partial charge in [-0.05, 0) is 44.1 Å². The summed E-state index contributed by atoms with van der Waals surface area (Å²) < 4.78 is 0. The summed E-state index contributed by atoms with van der Waals surface area (Å²) in [6.45, 7) is 5.55. The van der Waals surface area contributed by atoms with Gasteiger partial charge in [-0.25, -0.2) is 0 Å². The maximum atomic E-state index is 12.5. The summed E-state index contributed by atoms with van der Waals surface area (Å²) >= 11 is 0. The predicted octanol–water partition coefficient (Wildman–Crippen LogP) is 2.36. The number of amides is 2. The Morgan fingerprint density at radius 1 is 1.19 bits per heavy atom. The maximum Gasteiger partial charge on any atom is 0.230 e. The highest BCUT2D eigenvalue weighted by Gasteiger charge is 2.34. The molecule has 0 bridgehead atoms. The van der Waals surface area contributed by atoms with Crippen LogP contribution in [0.25, 0.3) is 0 Å². The van der Waals surface area contributed by atoms with E-state index >= 15 is 0 Å². The third kappa shape index (κ3) is 4.04. The van der Waals surface area contributed by atoms with Crippen molar-refractivity contribution in [3.05, 3.63) is 24.3 Å². The maximum absolute atomic E-state index is 12.5. The van der Waals surface area contributed by atoms with Crippen LogP contribution in [-0.2, 0) is 9.59 Å². The molecule has 0 radical (unpaired) electrons. The van der Waals surface area contributed by atoms with E-state index in [4.69, 9.17) is 0 Å². The smallest absolute Gasteiger partial charge is 0.230 e. The molecule has 2 rings (SSSR count). The molecule has 0 spiro atoms. The lowest BCUT2D eigenvalue weighted by molar-refractivity contribution is -0.126. The SMILES string of the molecule is CCC(=O)Nc1cccc(NC(=O)C2(C)CCNCC2)c1. The molecule has 3 N–H and O–H groups in total. The van der Waals surface area contributed by atoms with Crippen LogP contribution in [0.4, 0.5) is 11.4 Å². The molecular weight excluding hydrogens is 266 g/mol. The van der Waals surface area contributed by atoms with Crippen LogP contribution in [0.3, 0.4) is 0 Å². The molecule has 1 aromatic rings. The second kappa shape index (κ2) is 6.72. The van der Waals surface area contributed by atoms with Crippen molar-refractivity contribution in [2.45, 2.75) is 33.1 Å². The van der Waals surface area contributed by atoms with Crippen LogP contribution in [0.15, 0.2) is 24.3 Å². The minimum Gasteiger partial charge on any atom is -0.326 e. The number of anilines is 2. The van der Waals surface area contributed by atoms with Crippen molar-refractivity contribution >= 4 is 23.2 Å². The van der Waals surface area contributed by atoms with E-state index in [9.17, 15) is 9.59 Å². The van der Waals surface area contributed by atoms with Gasteiger partial charge in [0.2, 0.25) is 11.8 Å². The van der Waals surface area contributed by atoms with Gasteiger partial charge in [-0.2, -0.15) is 0 Å². The number of carbonyl (C=O) groups is 2. The number of hydrogen-bond donors (Lipinski definition) is 3. The van der Waals surface area contributed by atoms with Gasteiger partial charge in [0.1, 0.15) is 0 Å². The zero-order valence-electron chi connectivity index (χ0n) is 12.7. The predicted molar refractivity (Wildman–Crippen MR) is 84.2 cm³/mol. The second-order valence-electron chi connectivity index (χ2n) is 5.75. The summed E-state index contributed by atoms with van der Waals surface area (Å²) in [7, 11) is 0. The van der Waals surface area contributed by atoms with Crippen LogP contribution in [0, 0.1) is 5.41 Å². The molecule has 2 amide bonds. The molecule has 5 heteroatoms. The van der Waals surface area contributed by atoms with Crippen LogP contribution in [-0.4, -0.2) is 24.9 Å². The monoisotopic (exact) mass is 289 g/mol. The first-order valence-electron chi connectivity index (χ1n) is 7.45. The van der Waals surface area contributed by atoms with Gasteiger partial charge in [0, 0.05) is 23.2 Å². The zero-order chi connectivity index (χ0) is 15.3. The number of carbonyl (C=O) groups excluding carboxylic acids is 2. The van der Waals surface area contributed by atoms with E-state index in [1.165, 1.54) is 0 Å². The number of piperidine rings is 1. The molecule has 1 saturated heterocycles. The van der Waals surface area contributed by atoms with Crippen LogP contribution >= 0.6 is 0 Å². The molecule has 21 heavy (non-hydrogen) atoms. The Morgan fingerprint density at radius 3 is 2.43 bits per heavy atom. The lowest BCUT2D eigenvalue weighted by Crippen LogP contribution is -2.42. The summed E-state index contributed by atoms with van der Waals surface area (Å²) in [5.74, 6) is 0.00626. The highest BCUT2D eigenvalue weighted by atomic mass is 16.2. The molecule has 5 nitrogen and oxygen atoms in total. The summed E-state index contributed by atoms with van der Waals surface area (Å²) in [5.41, 5.74) is 1.09. The van der Waals surface area contributed by atoms with Crippen LogP contribution in [0.5, 0.6) is 0 Å². The van der Waals surface area contributed by atoms with Gasteiger partial charge in [-0.1, -0.05) is 19.9 Å². The van der Waals surface area contributed by atoms with E-state index in [2.05, 4.69) is 16.0 Å². The van der Waals surface area contributed by atoms with Gasteiger partial charge in [-0.15, -0.1) is 0 Å². The fraction of sp³-hybridized carbons (Fsp3) is 0.500. The van der Waals surface area contributed by atoms with E-state index in [0.717, 1.165) is 25.9 Å². The first kappa shape index (κ1) is 15.5. The fourth-order valence-corrected chi connectivity index (χ4v) is 2.41. The Hall–Kier alpha value is -1.88. The lowest BCUT2D eigenvalue weighted by atomic mass is 9.80. The Bertz CT molecular complexity index is 522. The molecule has 0 aromatic heterocycles. The summed E-state index contributed by atoms with van der Waals surface area (Å²) in [4.78, 5) is 23.9. The molecule has 1 heterocycles. The fourth-order valence-electron chi connectivity index (χ4n) is 2.41. The quantitative estimate of drug-likeness (QED) is 0.797. The molecule has 1 aliphatic heterocycles. The van der Waals surface area contributed by atoms with Gasteiger partial charge in [0.25, 0.3) is 0 Å². The molecule has 0 unspecified atom stereocenters. The second-order valence-corrected chi connectivity index (χ2v) is 5.75. The van der Waals surface area contributed by atoms with Gasteiger partial charge >= 0.3 is 0 Å². The third-order valence-corrected chi connectivity index (χ3v) is 3.98. The standard InChI is InChI=1S/C16H23N3O2/c1-3-14(20)18-12-5-4-6-13(11-12)19-15(21)16(2)7-9-17-10-8-16/h4-6,11,17H,3,7-10H2,1-2H3,(H,18,20)(H,19,21). The van der Waals surface area contributed by atoms with Crippen molar-refractivity contribution in [3.8, 4) is 0 Å². The van der Waals surface area contributed by atoms with Gasteiger partial charge in [-0.3, -0.25) is 9.59 Å².